The fourth-order valence-corrected chi connectivity index (χ4v) is 9.49. The maximum atomic E-state index is 6.37. The molecule has 0 unspecified atom stereocenters. The van der Waals surface area contributed by atoms with Gasteiger partial charge in [-0.2, -0.15) is 0 Å². The van der Waals surface area contributed by atoms with Crippen molar-refractivity contribution >= 4 is 81.3 Å². The van der Waals surface area contributed by atoms with Crippen molar-refractivity contribution in [2.75, 3.05) is 4.90 Å². The van der Waals surface area contributed by atoms with Crippen LogP contribution in [0.2, 0.25) is 0 Å². The predicted octanol–water partition coefficient (Wildman–Crippen LogP) is 15.6. The Balaban J connectivity index is 1.000. The number of anilines is 3. The quantitative estimate of drug-likeness (QED) is 0.170. The van der Waals surface area contributed by atoms with Gasteiger partial charge < -0.3 is 9.32 Å². The SMILES string of the molecule is c1ccc2c(-c3ccc(-c4ccc(N(c5ccc(-c6cccc7c6sc6ccccc67)cc5)c5cccc6oc7ccccc7c56)cc4)cc3)cccc2c1. The van der Waals surface area contributed by atoms with Crippen molar-refractivity contribution in [3.05, 3.63) is 200 Å². The Morgan fingerprint density at radius 2 is 0.891 bits per heavy atom. The number of furan rings is 1. The first-order valence-electron chi connectivity index (χ1n) is 18.7. The molecule has 0 N–H and O–H groups in total. The second-order valence-corrected chi connectivity index (χ2v) is 15.1. The van der Waals surface area contributed by atoms with Crippen LogP contribution in [0.15, 0.2) is 205 Å². The fourth-order valence-electron chi connectivity index (χ4n) is 8.26. The molecular weight excluding hydrogens is 687 g/mol. The Bertz CT molecular complexity index is 3180. The number of hydrogen-bond acceptors (Lipinski definition) is 3. The van der Waals surface area contributed by atoms with Crippen LogP contribution < -0.4 is 4.90 Å². The van der Waals surface area contributed by atoms with Crippen molar-refractivity contribution in [1.29, 1.82) is 0 Å². The first kappa shape index (κ1) is 31.6. The molecule has 11 aromatic rings. The number of nitrogens with zero attached hydrogens (tertiary/aromatic N) is 1. The normalized spacial score (nSPS) is 11.6. The van der Waals surface area contributed by atoms with Crippen LogP contribution in [0.5, 0.6) is 0 Å². The first-order chi connectivity index (χ1) is 27.3. The highest BCUT2D eigenvalue weighted by Gasteiger charge is 2.20. The van der Waals surface area contributed by atoms with Gasteiger partial charge in [-0.1, -0.05) is 152 Å². The third-order valence-electron chi connectivity index (χ3n) is 10.9. The van der Waals surface area contributed by atoms with E-state index in [-0.39, 0.29) is 0 Å². The number of para-hydroxylation sites is 1. The van der Waals surface area contributed by atoms with Crippen LogP contribution in [0.25, 0.3) is 86.3 Å². The molecule has 0 atom stereocenters. The van der Waals surface area contributed by atoms with E-state index in [9.17, 15) is 0 Å². The Morgan fingerprint density at radius 1 is 0.364 bits per heavy atom. The molecule has 0 saturated carbocycles. The summed E-state index contributed by atoms with van der Waals surface area (Å²) in [5, 5.41) is 7.36. The van der Waals surface area contributed by atoms with Crippen LogP contribution in [-0.2, 0) is 0 Å². The lowest BCUT2D eigenvalue weighted by Gasteiger charge is -2.26. The van der Waals surface area contributed by atoms with Gasteiger partial charge in [0.15, 0.2) is 0 Å². The van der Waals surface area contributed by atoms with Crippen LogP contribution in [0, 0.1) is 0 Å². The third kappa shape index (κ3) is 5.32. The number of rotatable bonds is 6. The summed E-state index contributed by atoms with van der Waals surface area (Å²) in [6, 6.07) is 72.1. The van der Waals surface area contributed by atoms with Crippen LogP contribution in [0.1, 0.15) is 0 Å². The van der Waals surface area contributed by atoms with Gasteiger partial charge in [0.2, 0.25) is 0 Å². The van der Waals surface area contributed by atoms with Crippen molar-refractivity contribution in [2.24, 2.45) is 0 Å². The zero-order valence-corrected chi connectivity index (χ0v) is 30.6. The minimum absolute atomic E-state index is 0.875. The number of hydrogen-bond donors (Lipinski definition) is 0. The van der Waals surface area contributed by atoms with Crippen molar-refractivity contribution in [1.82, 2.24) is 0 Å². The van der Waals surface area contributed by atoms with Crippen molar-refractivity contribution < 1.29 is 4.42 Å². The summed E-state index contributed by atoms with van der Waals surface area (Å²) in [5.74, 6) is 0. The number of benzene rings is 9. The second-order valence-electron chi connectivity index (χ2n) is 14.1. The molecule has 0 aliphatic rings. The molecule has 0 aliphatic heterocycles. The monoisotopic (exact) mass is 719 g/mol. The molecule has 0 spiro atoms. The molecule has 0 fully saturated rings. The largest absolute Gasteiger partial charge is 0.456 e. The summed E-state index contributed by atoms with van der Waals surface area (Å²) in [4.78, 5) is 2.36. The van der Waals surface area contributed by atoms with Gasteiger partial charge >= 0.3 is 0 Å². The molecule has 11 rings (SSSR count). The molecule has 0 saturated heterocycles. The Hall–Kier alpha value is -6.94. The second kappa shape index (κ2) is 12.9. The number of thiophene rings is 1. The van der Waals surface area contributed by atoms with Crippen LogP contribution in [0.4, 0.5) is 17.1 Å². The third-order valence-corrected chi connectivity index (χ3v) is 12.1. The van der Waals surface area contributed by atoms with Gasteiger partial charge in [0.05, 0.1) is 11.1 Å². The van der Waals surface area contributed by atoms with Crippen LogP contribution in [-0.4, -0.2) is 0 Å². The lowest BCUT2D eigenvalue weighted by molar-refractivity contribution is 0.669. The summed E-state index contributed by atoms with van der Waals surface area (Å²) in [5.41, 5.74) is 12.3. The molecule has 0 amide bonds. The Morgan fingerprint density at radius 3 is 1.69 bits per heavy atom. The highest BCUT2D eigenvalue weighted by atomic mass is 32.1. The summed E-state index contributed by atoms with van der Waals surface area (Å²) >= 11 is 1.87. The van der Waals surface area contributed by atoms with Crippen LogP contribution in [0.3, 0.4) is 0 Å². The molecule has 9 aromatic carbocycles. The van der Waals surface area contributed by atoms with E-state index in [0.29, 0.717) is 0 Å². The fraction of sp³-hybridized carbons (Fsp3) is 0. The van der Waals surface area contributed by atoms with E-state index < -0.39 is 0 Å². The standard InChI is InChI=1S/C52H33NOS/c1-2-12-41-36(10-1)11-7-15-42(41)37-24-22-34(23-25-37)35-26-30-39(31-27-35)53(47-18-9-20-49-51(47)46-14-3-5-19-48(46)54-49)40-32-28-38(29-33-40)43-16-8-17-45-44-13-4-6-21-50(44)55-52(43)45/h1-33H. The van der Waals surface area contributed by atoms with Crippen molar-refractivity contribution in [2.45, 2.75) is 0 Å². The molecule has 0 bridgehead atoms. The van der Waals surface area contributed by atoms with E-state index in [2.05, 4.69) is 193 Å². The van der Waals surface area contributed by atoms with E-state index in [4.69, 9.17) is 4.42 Å². The molecule has 0 radical (unpaired) electrons. The van der Waals surface area contributed by atoms with Gasteiger partial charge in [0.25, 0.3) is 0 Å². The molecule has 258 valence electrons. The van der Waals surface area contributed by atoms with Gasteiger partial charge in [0.1, 0.15) is 11.2 Å². The smallest absolute Gasteiger partial charge is 0.137 e. The molecule has 0 aliphatic carbocycles. The minimum Gasteiger partial charge on any atom is -0.456 e. The molecule has 2 aromatic heterocycles. The molecule has 2 heterocycles. The Labute approximate surface area is 322 Å². The molecule has 2 nitrogen and oxygen atoms in total. The van der Waals surface area contributed by atoms with Gasteiger partial charge in [-0.15, -0.1) is 11.3 Å². The maximum Gasteiger partial charge on any atom is 0.137 e. The van der Waals surface area contributed by atoms with E-state index in [1.54, 1.807) is 0 Å². The summed E-state index contributed by atoms with van der Waals surface area (Å²) < 4.78 is 9.01. The van der Waals surface area contributed by atoms with Crippen molar-refractivity contribution in [3.8, 4) is 33.4 Å². The molecular formula is C52H33NOS. The highest BCUT2D eigenvalue weighted by Crippen LogP contribution is 2.45. The summed E-state index contributed by atoms with van der Waals surface area (Å²) in [6.45, 7) is 0. The van der Waals surface area contributed by atoms with E-state index in [1.165, 1.54) is 64.3 Å². The van der Waals surface area contributed by atoms with E-state index >= 15 is 0 Å². The average molecular weight is 720 g/mol. The number of fused-ring (bicyclic) bond motifs is 7. The zero-order valence-electron chi connectivity index (χ0n) is 29.8. The maximum absolute atomic E-state index is 6.37. The van der Waals surface area contributed by atoms with Gasteiger partial charge in [-0.05, 0) is 92.7 Å². The molecule has 3 heteroatoms. The summed E-state index contributed by atoms with van der Waals surface area (Å²) in [7, 11) is 0. The lowest BCUT2D eigenvalue weighted by atomic mass is 9.96. The lowest BCUT2D eigenvalue weighted by Crippen LogP contribution is -2.10. The first-order valence-corrected chi connectivity index (χ1v) is 19.5. The Kier molecular flexibility index (Phi) is 7.39. The highest BCUT2D eigenvalue weighted by molar-refractivity contribution is 7.26. The van der Waals surface area contributed by atoms with Gasteiger partial charge in [-0.25, -0.2) is 0 Å². The minimum atomic E-state index is 0.875. The zero-order chi connectivity index (χ0) is 36.3. The topological polar surface area (TPSA) is 16.4 Å². The van der Waals surface area contributed by atoms with Crippen molar-refractivity contribution in [3.63, 3.8) is 0 Å². The summed E-state index contributed by atoms with van der Waals surface area (Å²) in [6.07, 6.45) is 0. The average Bonchev–Trinajstić information content (AvgIpc) is 3.83. The predicted molar refractivity (Wildman–Crippen MR) is 235 cm³/mol. The van der Waals surface area contributed by atoms with Gasteiger partial charge in [-0.3, -0.25) is 0 Å². The van der Waals surface area contributed by atoms with E-state index in [0.717, 1.165) is 39.0 Å². The van der Waals surface area contributed by atoms with E-state index in [1.807, 2.05) is 23.5 Å². The van der Waals surface area contributed by atoms with Crippen LogP contribution >= 0.6 is 11.3 Å². The molecule has 55 heavy (non-hydrogen) atoms. The van der Waals surface area contributed by atoms with Gasteiger partial charge in [0, 0.05) is 36.9 Å².